The lowest BCUT2D eigenvalue weighted by Crippen LogP contribution is -1.92. The van der Waals surface area contributed by atoms with Crippen molar-refractivity contribution in [2.24, 2.45) is 0 Å². The van der Waals surface area contributed by atoms with Gasteiger partial charge in [0.05, 0.1) is 11.1 Å². The van der Waals surface area contributed by atoms with Crippen molar-refractivity contribution in [1.82, 2.24) is 4.98 Å². The van der Waals surface area contributed by atoms with E-state index in [9.17, 15) is 10.1 Å². The summed E-state index contributed by atoms with van der Waals surface area (Å²) in [6, 6.07) is 9.07. The molecule has 0 saturated carbocycles. The highest BCUT2D eigenvalue weighted by Gasteiger charge is 2.12. The number of rotatable bonds is 3. The van der Waals surface area contributed by atoms with E-state index in [0.717, 1.165) is 0 Å². The van der Waals surface area contributed by atoms with Gasteiger partial charge in [-0.2, -0.15) is 5.26 Å². The molecule has 0 fully saturated rings. The van der Waals surface area contributed by atoms with E-state index in [1.165, 1.54) is 24.4 Å². The van der Waals surface area contributed by atoms with E-state index in [-0.39, 0.29) is 17.0 Å². The van der Waals surface area contributed by atoms with Crippen molar-refractivity contribution in [3.63, 3.8) is 0 Å². The van der Waals surface area contributed by atoms with E-state index < -0.39 is 4.92 Å². The first-order valence-electron chi connectivity index (χ1n) is 4.97. The Hall–Kier alpha value is -2.94. The van der Waals surface area contributed by atoms with Crippen LogP contribution in [0.25, 0.3) is 0 Å². The van der Waals surface area contributed by atoms with Crippen molar-refractivity contribution in [1.29, 1.82) is 5.26 Å². The maximum Gasteiger partial charge on any atom is 0.271 e. The molecular formula is C12H7N3O3. The average molecular weight is 241 g/mol. The van der Waals surface area contributed by atoms with Gasteiger partial charge >= 0.3 is 0 Å². The quantitative estimate of drug-likeness (QED) is 0.608. The average Bonchev–Trinajstić information content (AvgIpc) is 2.40. The van der Waals surface area contributed by atoms with E-state index in [0.29, 0.717) is 5.75 Å². The molecule has 6 nitrogen and oxygen atoms in total. The SMILES string of the molecule is N#Cc1cc([N+](=O)[O-])ccc1Oc1cccnc1. The summed E-state index contributed by atoms with van der Waals surface area (Å²) >= 11 is 0. The third-order valence-corrected chi connectivity index (χ3v) is 2.16. The summed E-state index contributed by atoms with van der Waals surface area (Å²) in [6.45, 7) is 0. The highest BCUT2D eigenvalue weighted by molar-refractivity contribution is 5.51. The van der Waals surface area contributed by atoms with E-state index in [1.807, 2.05) is 6.07 Å². The molecular weight excluding hydrogens is 234 g/mol. The summed E-state index contributed by atoms with van der Waals surface area (Å²) in [7, 11) is 0. The van der Waals surface area contributed by atoms with Gasteiger partial charge < -0.3 is 4.74 Å². The summed E-state index contributed by atoms with van der Waals surface area (Å²) in [4.78, 5) is 13.9. The number of nitro benzene ring substituents is 1. The molecule has 0 radical (unpaired) electrons. The van der Waals surface area contributed by atoms with E-state index in [2.05, 4.69) is 4.98 Å². The molecule has 0 aliphatic carbocycles. The van der Waals surface area contributed by atoms with E-state index in [1.54, 1.807) is 18.3 Å². The Balaban J connectivity index is 2.35. The Morgan fingerprint density at radius 1 is 1.39 bits per heavy atom. The van der Waals surface area contributed by atoms with Crippen LogP contribution in [0, 0.1) is 21.4 Å². The number of benzene rings is 1. The first-order chi connectivity index (χ1) is 8.70. The Bertz CT molecular complexity index is 620. The molecule has 0 saturated heterocycles. The molecule has 2 aromatic rings. The van der Waals surface area contributed by atoms with Crippen molar-refractivity contribution in [3.05, 3.63) is 58.4 Å². The molecule has 0 aliphatic heterocycles. The number of hydrogen-bond donors (Lipinski definition) is 0. The van der Waals surface area contributed by atoms with Crippen LogP contribution in [-0.4, -0.2) is 9.91 Å². The fraction of sp³-hybridized carbons (Fsp3) is 0. The van der Waals surface area contributed by atoms with Crippen LogP contribution in [0.4, 0.5) is 5.69 Å². The highest BCUT2D eigenvalue weighted by Crippen LogP contribution is 2.27. The monoisotopic (exact) mass is 241 g/mol. The highest BCUT2D eigenvalue weighted by atomic mass is 16.6. The summed E-state index contributed by atoms with van der Waals surface area (Å²) in [5, 5.41) is 19.5. The number of aromatic nitrogens is 1. The molecule has 1 heterocycles. The molecule has 1 aromatic carbocycles. The molecule has 1 aromatic heterocycles. The van der Waals surface area contributed by atoms with Gasteiger partial charge in [-0.05, 0) is 18.2 Å². The molecule has 0 atom stereocenters. The van der Waals surface area contributed by atoms with Gasteiger partial charge in [-0.15, -0.1) is 0 Å². The van der Waals surface area contributed by atoms with E-state index in [4.69, 9.17) is 10.00 Å². The van der Waals surface area contributed by atoms with Crippen LogP contribution in [0.2, 0.25) is 0 Å². The topological polar surface area (TPSA) is 89.0 Å². The minimum absolute atomic E-state index is 0.105. The van der Waals surface area contributed by atoms with Crippen LogP contribution in [0.5, 0.6) is 11.5 Å². The largest absolute Gasteiger partial charge is 0.454 e. The molecule has 6 heteroatoms. The van der Waals surface area contributed by atoms with Crippen LogP contribution in [-0.2, 0) is 0 Å². The van der Waals surface area contributed by atoms with Gasteiger partial charge in [0.1, 0.15) is 23.1 Å². The number of non-ortho nitro benzene ring substituents is 1. The number of pyridine rings is 1. The normalized spacial score (nSPS) is 9.50. The van der Waals surface area contributed by atoms with Crippen LogP contribution in [0.3, 0.4) is 0 Å². The predicted octanol–water partition coefficient (Wildman–Crippen LogP) is 2.65. The van der Waals surface area contributed by atoms with Gasteiger partial charge in [0, 0.05) is 18.3 Å². The fourth-order valence-electron chi connectivity index (χ4n) is 1.34. The van der Waals surface area contributed by atoms with Crippen molar-refractivity contribution >= 4 is 5.69 Å². The smallest absolute Gasteiger partial charge is 0.271 e. The fourth-order valence-corrected chi connectivity index (χ4v) is 1.34. The van der Waals surface area contributed by atoms with Crippen molar-refractivity contribution in [3.8, 4) is 17.6 Å². The maximum atomic E-state index is 10.6. The second kappa shape index (κ2) is 4.93. The first-order valence-corrected chi connectivity index (χ1v) is 4.97. The van der Waals surface area contributed by atoms with Gasteiger partial charge in [0.25, 0.3) is 5.69 Å². The predicted molar refractivity (Wildman–Crippen MR) is 62.1 cm³/mol. The van der Waals surface area contributed by atoms with Gasteiger partial charge in [0.2, 0.25) is 0 Å². The summed E-state index contributed by atoms with van der Waals surface area (Å²) < 4.78 is 5.43. The molecule has 0 aliphatic rings. The summed E-state index contributed by atoms with van der Waals surface area (Å²) in [5.41, 5.74) is -0.0434. The van der Waals surface area contributed by atoms with Crippen LogP contribution in [0.15, 0.2) is 42.7 Å². The maximum absolute atomic E-state index is 10.6. The second-order valence-electron chi connectivity index (χ2n) is 3.34. The number of ether oxygens (including phenoxy) is 1. The van der Waals surface area contributed by atoms with Crippen LogP contribution >= 0.6 is 0 Å². The van der Waals surface area contributed by atoms with Gasteiger partial charge in [-0.25, -0.2) is 0 Å². The van der Waals surface area contributed by atoms with Crippen molar-refractivity contribution in [2.75, 3.05) is 0 Å². The molecule has 0 unspecified atom stereocenters. The Morgan fingerprint density at radius 2 is 2.22 bits per heavy atom. The molecule has 2 rings (SSSR count). The first kappa shape index (κ1) is 11.5. The van der Waals surface area contributed by atoms with Gasteiger partial charge in [-0.3, -0.25) is 15.1 Å². The minimum Gasteiger partial charge on any atom is -0.454 e. The summed E-state index contributed by atoms with van der Waals surface area (Å²) in [5.74, 6) is 0.721. The third-order valence-electron chi connectivity index (χ3n) is 2.16. The lowest BCUT2D eigenvalue weighted by atomic mass is 10.2. The number of nitriles is 1. The molecule has 0 N–H and O–H groups in total. The molecule has 18 heavy (non-hydrogen) atoms. The number of nitro groups is 1. The lowest BCUT2D eigenvalue weighted by Gasteiger charge is -2.06. The minimum atomic E-state index is -0.561. The molecule has 0 bridgehead atoms. The Kier molecular flexibility index (Phi) is 3.16. The second-order valence-corrected chi connectivity index (χ2v) is 3.34. The van der Waals surface area contributed by atoms with Crippen LogP contribution in [0.1, 0.15) is 5.56 Å². The van der Waals surface area contributed by atoms with Crippen molar-refractivity contribution < 1.29 is 9.66 Å². The molecule has 0 spiro atoms. The standard InChI is InChI=1S/C12H7N3O3/c13-7-9-6-10(15(16)17)3-4-12(9)18-11-2-1-5-14-8-11/h1-6,8H. The molecule has 0 amide bonds. The van der Waals surface area contributed by atoms with E-state index >= 15 is 0 Å². The van der Waals surface area contributed by atoms with Crippen molar-refractivity contribution in [2.45, 2.75) is 0 Å². The zero-order chi connectivity index (χ0) is 13.0. The lowest BCUT2D eigenvalue weighted by molar-refractivity contribution is -0.384. The van der Waals surface area contributed by atoms with Gasteiger partial charge in [0.15, 0.2) is 0 Å². The molecule has 88 valence electrons. The Morgan fingerprint density at radius 3 is 2.83 bits per heavy atom. The third kappa shape index (κ3) is 2.41. The van der Waals surface area contributed by atoms with Crippen LogP contribution < -0.4 is 4.74 Å². The zero-order valence-electron chi connectivity index (χ0n) is 9.11. The van der Waals surface area contributed by atoms with Gasteiger partial charge in [-0.1, -0.05) is 0 Å². The zero-order valence-corrected chi connectivity index (χ0v) is 9.11. The Labute approximate surface area is 102 Å². The number of hydrogen-bond acceptors (Lipinski definition) is 5. The summed E-state index contributed by atoms with van der Waals surface area (Å²) in [6.07, 6.45) is 3.08. The number of nitrogens with zero attached hydrogens (tertiary/aromatic N) is 3.